The summed E-state index contributed by atoms with van der Waals surface area (Å²) in [4.78, 5) is 17.5. The first kappa shape index (κ1) is 20.5. The van der Waals surface area contributed by atoms with Crippen molar-refractivity contribution in [2.45, 2.75) is 39.0 Å². The molecule has 164 valence electrons. The highest BCUT2D eigenvalue weighted by atomic mass is 19.1. The number of carbonyl (C=O) groups excluding carboxylic acids is 1. The summed E-state index contributed by atoms with van der Waals surface area (Å²) in [6, 6.07) is 7.72. The summed E-state index contributed by atoms with van der Waals surface area (Å²) in [5, 5.41) is 12.0. The highest BCUT2D eigenvalue weighted by Crippen LogP contribution is 2.55. The number of methoxy groups -OCH3 is 1. The van der Waals surface area contributed by atoms with Crippen LogP contribution in [0.3, 0.4) is 0 Å². The Hall–Kier alpha value is -3.35. The maximum absolute atomic E-state index is 14.8. The lowest BCUT2D eigenvalue weighted by molar-refractivity contribution is -0.122. The first-order valence-electron chi connectivity index (χ1n) is 10.8. The minimum Gasteiger partial charge on any atom is -0.494 e. The molecule has 0 saturated heterocycles. The normalized spacial score (nSPS) is 23.3. The van der Waals surface area contributed by atoms with Crippen LogP contribution >= 0.6 is 0 Å². The van der Waals surface area contributed by atoms with Crippen molar-refractivity contribution in [3.05, 3.63) is 70.7 Å². The monoisotopic (exact) mass is 432 g/mol. The predicted molar refractivity (Wildman–Crippen MR) is 118 cm³/mol. The van der Waals surface area contributed by atoms with Gasteiger partial charge in [0.25, 0.3) is 0 Å². The lowest BCUT2D eigenvalue weighted by atomic mass is 9.63. The fourth-order valence-corrected chi connectivity index (χ4v) is 5.39. The zero-order valence-corrected chi connectivity index (χ0v) is 18.6. The largest absolute Gasteiger partial charge is 0.494 e. The van der Waals surface area contributed by atoms with E-state index < -0.39 is 16.6 Å². The third-order valence-electron chi connectivity index (χ3n) is 6.92. The van der Waals surface area contributed by atoms with Gasteiger partial charge in [-0.15, -0.1) is 5.11 Å². The molecule has 0 spiro atoms. The summed E-state index contributed by atoms with van der Waals surface area (Å²) in [5.74, 6) is 0.774. The number of aromatic nitrogens is 1. The van der Waals surface area contributed by atoms with E-state index in [1.807, 2.05) is 38.1 Å². The minimum absolute atomic E-state index is 0.137. The molecule has 6 nitrogen and oxygen atoms in total. The van der Waals surface area contributed by atoms with Crippen molar-refractivity contribution in [2.24, 2.45) is 15.6 Å². The number of benzene rings is 1. The second kappa shape index (κ2) is 7.08. The summed E-state index contributed by atoms with van der Waals surface area (Å²) in [6.07, 6.45) is 3.98. The molecule has 0 amide bonds. The number of halogens is 1. The van der Waals surface area contributed by atoms with Crippen molar-refractivity contribution >= 4 is 5.78 Å². The zero-order chi connectivity index (χ0) is 22.7. The lowest BCUT2D eigenvalue weighted by Gasteiger charge is -2.40. The van der Waals surface area contributed by atoms with Gasteiger partial charge in [-0.2, -0.15) is 5.11 Å². The number of ether oxygens (including phenoxy) is 1. The molecule has 0 radical (unpaired) electrons. The van der Waals surface area contributed by atoms with Gasteiger partial charge in [-0.05, 0) is 23.6 Å². The van der Waals surface area contributed by atoms with Gasteiger partial charge in [-0.1, -0.05) is 39.0 Å². The van der Waals surface area contributed by atoms with E-state index in [1.165, 1.54) is 19.5 Å². The van der Waals surface area contributed by atoms with Gasteiger partial charge in [0.2, 0.25) is 0 Å². The molecule has 1 N–H and O–H groups in total. The van der Waals surface area contributed by atoms with Crippen molar-refractivity contribution in [1.82, 2.24) is 10.3 Å². The van der Waals surface area contributed by atoms with E-state index in [0.717, 1.165) is 28.2 Å². The summed E-state index contributed by atoms with van der Waals surface area (Å²) in [7, 11) is 1.50. The van der Waals surface area contributed by atoms with Crippen LogP contribution in [0.25, 0.3) is 11.1 Å². The Morgan fingerprint density at radius 3 is 2.81 bits per heavy atom. The molecular weight excluding hydrogens is 407 g/mol. The van der Waals surface area contributed by atoms with Crippen LogP contribution in [0.2, 0.25) is 0 Å². The van der Waals surface area contributed by atoms with E-state index in [9.17, 15) is 9.18 Å². The number of Topliss-reactive ketones (excluding diaryl/α,β-unsaturated/α-hetero) is 1. The van der Waals surface area contributed by atoms with E-state index in [0.29, 0.717) is 36.3 Å². The highest BCUT2D eigenvalue weighted by molar-refractivity contribution is 6.06. The van der Waals surface area contributed by atoms with E-state index in [-0.39, 0.29) is 5.78 Å². The highest BCUT2D eigenvalue weighted by Gasteiger charge is 2.54. The predicted octanol–water partition coefficient (Wildman–Crippen LogP) is 5.08. The Labute approximate surface area is 186 Å². The molecule has 2 aliphatic heterocycles. The molecule has 2 aromatic rings. The fraction of sp³-hybridized carbons (Fsp3) is 0.360. The number of allylic oxidation sites excluding steroid dienone is 2. The molecule has 5 rings (SSSR count). The van der Waals surface area contributed by atoms with Crippen LogP contribution in [0.4, 0.5) is 4.39 Å². The molecular formula is C25H25FN4O2. The molecule has 1 aromatic carbocycles. The molecule has 0 fully saturated rings. The molecule has 7 heteroatoms. The molecule has 0 unspecified atom stereocenters. The van der Waals surface area contributed by atoms with Crippen molar-refractivity contribution in [2.75, 3.05) is 13.7 Å². The summed E-state index contributed by atoms with van der Waals surface area (Å²) < 4.78 is 20.2. The van der Waals surface area contributed by atoms with Crippen molar-refractivity contribution in [1.29, 1.82) is 0 Å². The van der Waals surface area contributed by atoms with Crippen molar-refractivity contribution in [3.63, 3.8) is 0 Å². The number of dihydropyridines is 1. The second-order valence-electron chi connectivity index (χ2n) is 9.13. The van der Waals surface area contributed by atoms with Gasteiger partial charge in [0.05, 0.1) is 37.0 Å². The lowest BCUT2D eigenvalue weighted by Crippen LogP contribution is -2.41. The zero-order valence-electron chi connectivity index (χ0n) is 18.6. The molecule has 0 saturated carbocycles. The van der Waals surface area contributed by atoms with Gasteiger partial charge in [0.1, 0.15) is 5.75 Å². The van der Waals surface area contributed by atoms with E-state index in [2.05, 4.69) is 27.5 Å². The van der Waals surface area contributed by atoms with Gasteiger partial charge in [-0.25, -0.2) is 4.39 Å². The van der Waals surface area contributed by atoms with Gasteiger partial charge in [-0.3, -0.25) is 9.78 Å². The Balaban J connectivity index is 1.75. The number of carbonyl (C=O) groups is 1. The number of nitrogens with one attached hydrogen (secondary N) is 1. The Morgan fingerprint density at radius 2 is 2.06 bits per heavy atom. The average Bonchev–Trinajstić information content (AvgIpc) is 3.34. The van der Waals surface area contributed by atoms with Crippen LogP contribution in [0.15, 0.2) is 69.6 Å². The smallest absolute Gasteiger partial charge is 0.167 e. The van der Waals surface area contributed by atoms with Crippen LogP contribution in [-0.4, -0.2) is 24.4 Å². The fourth-order valence-electron chi connectivity index (χ4n) is 5.39. The van der Waals surface area contributed by atoms with Crippen molar-refractivity contribution < 1.29 is 13.9 Å². The van der Waals surface area contributed by atoms with Crippen molar-refractivity contribution in [3.8, 4) is 16.9 Å². The second-order valence-corrected chi connectivity index (χ2v) is 9.13. The average molecular weight is 432 g/mol. The summed E-state index contributed by atoms with van der Waals surface area (Å²) >= 11 is 0. The van der Waals surface area contributed by atoms with Crippen LogP contribution in [0.5, 0.6) is 5.75 Å². The number of hydrogen-bond acceptors (Lipinski definition) is 6. The van der Waals surface area contributed by atoms with E-state index in [4.69, 9.17) is 4.74 Å². The Kier molecular flexibility index (Phi) is 4.55. The van der Waals surface area contributed by atoms with Gasteiger partial charge < -0.3 is 10.1 Å². The SMILES string of the molecule is CC[C@]1(c2cccc(-c3c(F)cncc3OC)c2)C2=C(N=NC2)NC2=C1C(=O)C(C)(C)C2. The molecule has 1 aromatic heterocycles. The third-order valence-corrected chi connectivity index (χ3v) is 6.92. The molecule has 0 bridgehead atoms. The number of hydrogen-bond donors (Lipinski definition) is 1. The minimum atomic E-state index is -0.670. The number of ketones is 1. The maximum atomic E-state index is 14.8. The van der Waals surface area contributed by atoms with Gasteiger partial charge in [0, 0.05) is 28.7 Å². The first-order chi connectivity index (χ1) is 15.3. The molecule has 3 heterocycles. The number of azo groups is 1. The Bertz CT molecular complexity index is 1240. The summed E-state index contributed by atoms with van der Waals surface area (Å²) in [5.41, 5.74) is 3.48. The van der Waals surface area contributed by atoms with E-state index in [1.54, 1.807) is 0 Å². The van der Waals surface area contributed by atoms with Crippen LogP contribution in [0, 0.1) is 11.2 Å². The van der Waals surface area contributed by atoms with Crippen LogP contribution in [0.1, 0.15) is 39.2 Å². The van der Waals surface area contributed by atoms with Crippen LogP contribution < -0.4 is 10.1 Å². The molecule has 1 atom stereocenters. The maximum Gasteiger partial charge on any atom is 0.167 e. The first-order valence-corrected chi connectivity index (χ1v) is 10.8. The topological polar surface area (TPSA) is 75.9 Å². The Morgan fingerprint density at radius 1 is 1.25 bits per heavy atom. The van der Waals surface area contributed by atoms with E-state index >= 15 is 0 Å². The van der Waals surface area contributed by atoms with Gasteiger partial charge >= 0.3 is 0 Å². The number of rotatable bonds is 4. The summed E-state index contributed by atoms with van der Waals surface area (Å²) in [6.45, 7) is 6.47. The molecule has 32 heavy (non-hydrogen) atoms. The number of pyridine rings is 1. The number of nitrogens with zero attached hydrogens (tertiary/aromatic N) is 3. The van der Waals surface area contributed by atoms with Gasteiger partial charge in [0.15, 0.2) is 17.4 Å². The standard InChI is InChI=1S/C25H25FN4O2/c1-5-25(15-8-6-7-14(9-15)20-17(26)12-27-13-19(20)32-4)16-11-28-30-23(16)29-18-10-24(2,3)22(31)21(18)25/h6-9,12-13,29H,5,10-11H2,1-4H3/t25-/m0/s1. The molecule has 1 aliphatic carbocycles. The quantitative estimate of drug-likeness (QED) is 0.731. The third kappa shape index (κ3) is 2.70. The van der Waals surface area contributed by atoms with Crippen LogP contribution in [-0.2, 0) is 10.2 Å². The molecule has 3 aliphatic rings.